The summed E-state index contributed by atoms with van der Waals surface area (Å²) in [6.07, 6.45) is 5.59. The number of carbonyl (C=O) groups is 1. The zero-order valence-corrected chi connectivity index (χ0v) is 28.2. The molecule has 0 saturated heterocycles. The van der Waals surface area contributed by atoms with E-state index in [-0.39, 0.29) is 5.92 Å². The van der Waals surface area contributed by atoms with Gasteiger partial charge in [0.05, 0.1) is 6.04 Å². The summed E-state index contributed by atoms with van der Waals surface area (Å²) in [6, 6.07) is 37.2. The van der Waals surface area contributed by atoms with Crippen LogP contribution in [0.4, 0.5) is 4.79 Å². The fraction of sp³-hybridized carbons (Fsp3) is 0.244. The molecule has 4 aromatic carbocycles. The summed E-state index contributed by atoms with van der Waals surface area (Å²) in [5, 5.41) is 15.2. The Morgan fingerprint density at radius 1 is 0.735 bits per heavy atom. The van der Waals surface area contributed by atoms with Gasteiger partial charge in [-0.2, -0.15) is 0 Å². The molecular formula is C41H42N6O2. The molecule has 1 atom stereocenters. The first-order valence-electron chi connectivity index (χ1n) is 16.9. The maximum Gasteiger partial charge on any atom is 0.408 e. The third-order valence-corrected chi connectivity index (χ3v) is 9.02. The molecule has 0 radical (unpaired) electrons. The quantitative estimate of drug-likeness (QED) is 0.130. The van der Waals surface area contributed by atoms with Crippen LogP contribution in [-0.4, -0.2) is 36.4 Å². The van der Waals surface area contributed by atoms with E-state index in [2.05, 4.69) is 105 Å². The van der Waals surface area contributed by atoms with E-state index in [1.807, 2.05) is 57.3 Å². The molecule has 7 aromatic rings. The Kier molecular flexibility index (Phi) is 9.03. The lowest BCUT2D eigenvalue weighted by molar-refractivity contribution is 0.0500. The third kappa shape index (κ3) is 7.28. The monoisotopic (exact) mass is 650 g/mol. The van der Waals surface area contributed by atoms with Crippen LogP contribution in [-0.2, 0) is 30.5 Å². The van der Waals surface area contributed by atoms with Gasteiger partial charge < -0.3 is 24.6 Å². The molecule has 3 heterocycles. The molecule has 0 saturated carbocycles. The zero-order valence-electron chi connectivity index (χ0n) is 28.2. The predicted molar refractivity (Wildman–Crippen MR) is 195 cm³/mol. The number of amides is 1. The van der Waals surface area contributed by atoms with Crippen LogP contribution >= 0.6 is 0 Å². The Morgan fingerprint density at radius 2 is 1.29 bits per heavy atom. The predicted octanol–water partition coefficient (Wildman–Crippen LogP) is 8.67. The lowest BCUT2D eigenvalue weighted by Gasteiger charge is -2.26. The van der Waals surface area contributed by atoms with Gasteiger partial charge in [-0.05, 0) is 61.6 Å². The number of fused-ring (bicyclic) bond motifs is 2. The van der Waals surface area contributed by atoms with Crippen molar-refractivity contribution in [2.24, 2.45) is 0 Å². The van der Waals surface area contributed by atoms with Crippen molar-refractivity contribution in [3.8, 4) is 0 Å². The number of nitrogens with one attached hydrogen (secondary N) is 3. The van der Waals surface area contributed by atoms with Gasteiger partial charge in [0, 0.05) is 59.5 Å². The number of rotatable bonds is 11. The molecule has 0 aliphatic carbocycles. The standard InChI is InChI=1S/C41H42N6O2/c1-41(2,3)49-40(48)44-37(24-31-26-43-36-21-13-11-19-33(31)36)39-46-45-38(23-22-30-25-42-35-20-12-10-18-32(30)35)47(39)27-34(28-14-6-4-7-15-28)29-16-8-5-9-17-29/h4-21,25-26,34,37,42-43H,22-24,27H2,1-3H3,(H,44,48)/t37-/m1/s1. The second-order valence-electron chi connectivity index (χ2n) is 13.6. The van der Waals surface area contributed by atoms with Crippen molar-refractivity contribution in [1.82, 2.24) is 30.0 Å². The van der Waals surface area contributed by atoms with E-state index in [0.29, 0.717) is 25.2 Å². The molecular weight excluding hydrogens is 608 g/mol. The van der Waals surface area contributed by atoms with Gasteiger partial charge in [0.25, 0.3) is 0 Å². The molecule has 0 bridgehead atoms. The van der Waals surface area contributed by atoms with Crippen LogP contribution in [0.3, 0.4) is 0 Å². The van der Waals surface area contributed by atoms with Crippen molar-refractivity contribution in [1.29, 1.82) is 0 Å². The van der Waals surface area contributed by atoms with Crippen molar-refractivity contribution in [2.75, 3.05) is 0 Å². The van der Waals surface area contributed by atoms with Crippen molar-refractivity contribution in [3.63, 3.8) is 0 Å². The number of H-pyrrole nitrogens is 2. The summed E-state index contributed by atoms with van der Waals surface area (Å²) < 4.78 is 8.01. The van der Waals surface area contributed by atoms with E-state index < -0.39 is 17.7 Å². The van der Waals surface area contributed by atoms with E-state index in [9.17, 15) is 4.79 Å². The number of aromatic amines is 2. The average molecular weight is 651 g/mol. The van der Waals surface area contributed by atoms with Crippen LogP contribution in [0.2, 0.25) is 0 Å². The Morgan fingerprint density at radius 3 is 1.90 bits per heavy atom. The van der Waals surface area contributed by atoms with Crippen LogP contribution in [0.25, 0.3) is 21.8 Å². The molecule has 0 unspecified atom stereocenters. The summed E-state index contributed by atoms with van der Waals surface area (Å²) in [5.74, 6) is 1.59. The average Bonchev–Trinajstić information content (AvgIpc) is 3.83. The van der Waals surface area contributed by atoms with E-state index >= 15 is 0 Å². The maximum absolute atomic E-state index is 13.4. The number of alkyl carbamates (subject to hydrolysis) is 1. The molecule has 0 spiro atoms. The number of aryl methyl sites for hydroxylation is 2. The SMILES string of the molecule is CC(C)(C)OC(=O)N[C@H](Cc1c[nH]c2ccccc12)c1nnc(CCc2c[nH]c3ccccc23)n1CC(c1ccccc1)c1ccccc1. The topological polar surface area (TPSA) is 101 Å². The Bertz CT molecular complexity index is 2120. The van der Waals surface area contributed by atoms with Gasteiger partial charge in [-0.3, -0.25) is 0 Å². The summed E-state index contributed by atoms with van der Waals surface area (Å²) in [4.78, 5) is 20.2. The highest BCUT2D eigenvalue weighted by molar-refractivity contribution is 5.84. The van der Waals surface area contributed by atoms with Crippen molar-refractivity contribution in [3.05, 3.63) is 155 Å². The van der Waals surface area contributed by atoms with E-state index in [0.717, 1.165) is 34.2 Å². The Hall–Kier alpha value is -5.63. The second-order valence-corrected chi connectivity index (χ2v) is 13.6. The molecule has 8 nitrogen and oxygen atoms in total. The Balaban J connectivity index is 1.31. The molecule has 0 fully saturated rings. The van der Waals surface area contributed by atoms with Crippen LogP contribution in [0, 0.1) is 0 Å². The van der Waals surface area contributed by atoms with Gasteiger partial charge in [-0.1, -0.05) is 97.1 Å². The number of para-hydroxylation sites is 2. The summed E-state index contributed by atoms with van der Waals surface area (Å²) >= 11 is 0. The van der Waals surface area contributed by atoms with Gasteiger partial charge >= 0.3 is 6.09 Å². The number of hydrogen-bond donors (Lipinski definition) is 3. The van der Waals surface area contributed by atoms with E-state index in [4.69, 9.17) is 14.9 Å². The maximum atomic E-state index is 13.4. The molecule has 248 valence electrons. The second kappa shape index (κ2) is 13.8. The summed E-state index contributed by atoms with van der Waals surface area (Å²) in [7, 11) is 0. The zero-order chi connectivity index (χ0) is 33.8. The fourth-order valence-corrected chi connectivity index (χ4v) is 6.71. The smallest absolute Gasteiger partial charge is 0.408 e. The highest BCUT2D eigenvalue weighted by Gasteiger charge is 2.29. The normalized spacial score (nSPS) is 12.5. The van der Waals surface area contributed by atoms with Gasteiger partial charge in [0.2, 0.25) is 0 Å². The first-order valence-corrected chi connectivity index (χ1v) is 16.9. The number of aromatic nitrogens is 5. The van der Waals surface area contributed by atoms with Crippen molar-refractivity contribution >= 4 is 27.9 Å². The summed E-state index contributed by atoms with van der Waals surface area (Å²) in [5.41, 5.74) is 6.22. The van der Waals surface area contributed by atoms with Crippen molar-refractivity contribution < 1.29 is 9.53 Å². The lowest BCUT2D eigenvalue weighted by Crippen LogP contribution is -2.37. The first kappa shape index (κ1) is 31.9. The molecule has 0 aliphatic heterocycles. The van der Waals surface area contributed by atoms with Gasteiger partial charge in [-0.15, -0.1) is 10.2 Å². The van der Waals surface area contributed by atoms with Crippen LogP contribution in [0.15, 0.2) is 122 Å². The lowest BCUT2D eigenvalue weighted by atomic mass is 9.91. The van der Waals surface area contributed by atoms with Gasteiger partial charge in [-0.25, -0.2) is 4.79 Å². The molecule has 1 amide bonds. The molecule has 8 heteroatoms. The fourth-order valence-electron chi connectivity index (χ4n) is 6.71. The number of nitrogens with zero attached hydrogens (tertiary/aromatic N) is 3. The number of ether oxygens (including phenoxy) is 1. The molecule has 0 aliphatic rings. The van der Waals surface area contributed by atoms with Crippen LogP contribution in [0.1, 0.15) is 66.6 Å². The molecule has 49 heavy (non-hydrogen) atoms. The number of benzene rings is 4. The minimum Gasteiger partial charge on any atom is -0.444 e. The molecule has 3 aromatic heterocycles. The summed E-state index contributed by atoms with van der Waals surface area (Å²) in [6.45, 7) is 6.21. The van der Waals surface area contributed by atoms with E-state index in [1.54, 1.807) is 0 Å². The highest BCUT2D eigenvalue weighted by atomic mass is 16.6. The number of carbonyl (C=O) groups excluding carboxylic acids is 1. The highest BCUT2D eigenvalue weighted by Crippen LogP contribution is 2.31. The Labute approximate surface area is 286 Å². The number of hydrogen-bond acceptors (Lipinski definition) is 4. The largest absolute Gasteiger partial charge is 0.444 e. The minimum atomic E-state index is -0.653. The molecule has 7 rings (SSSR count). The van der Waals surface area contributed by atoms with Gasteiger partial charge in [0.15, 0.2) is 5.82 Å². The van der Waals surface area contributed by atoms with Crippen LogP contribution < -0.4 is 5.32 Å². The first-order chi connectivity index (χ1) is 23.8. The van der Waals surface area contributed by atoms with E-state index in [1.165, 1.54) is 22.1 Å². The van der Waals surface area contributed by atoms with Crippen molar-refractivity contribution in [2.45, 2.75) is 64.1 Å². The minimum absolute atomic E-state index is 0.0271. The van der Waals surface area contributed by atoms with Crippen LogP contribution in [0.5, 0.6) is 0 Å². The molecule has 3 N–H and O–H groups in total. The van der Waals surface area contributed by atoms with Gasteiger partial charge in [0.1, 0.15) is 11.4 Å². The third-order valence-electron chi connectivity index (χ3n) is 9.02.